The van der Waals surface area contributed by atoms with E-state index in [4.69, 9.17) is 34.8 Å². The first-order chi connectivity index (χ1) is 6.16. The fraction of sp³-hybridized carbons (Fsp3) is 0.667. The molecule has 0 bridgehead atoms. The molecule has 0 aromatic carbocycles. The van der Waals surface area contributed by atoms with Crippen molar-refractivity contribution in [3.05, 3.63) is 12.2 Å². The predicted octanol–water partition coefficient (Wildman–Crippen LogP) is 3.50. The second-order valence-electron chi connectivity index (χ2n) is 3.62. The Bertz CT molecular complexity index is 229. The van der Waals surface area contributed by atoms with Gasteiger partial charge >= 0.3 is 5.97 Å². The van der Waals surface area contributed by atoms with E-state index in [1.54, 1.807) is 6.08 Å². The molecule has 14 heavy (non-hydrogen) atoms. The van der Waals surface area contributed by atoms with Crippen LogP contribution in [0, 0.1) is 5.41 Å². The summed E-state index contributed by atoms with van der Waals surface area (Å²) in [5.74, 6) is -0.288. The third-order valence-corrected chi connectivity index (χ3v) is 1.93. The smallest absolute Gasteiger partial charge is 0.306 e. The number of esters is 1. The van der Waals surface area contributed by atoms with Gasteiger partial charge in [-0.3, -0.25) is 4.79 Å². The number of methoxy groups -OCH3 is 1. The Morgan fingerprint density at radius 2 is 1.79 bits per heavy atom. The number of hydrogen-bond acceptors (Lipinski definition) is 2. The Morgan fingerprint density at radius 3 is 2.14 bits per heavy atom. The lowest BCUT2D eigenvalue weighted by Gasteiger charge is -2.19. The second-order valence-corrected chi connectivity index (χ2v) is 5.99. The minimum Gasteiger partial charge on any atom is -0.469 e. The lowest BCUT2D eigenvalue weighted by molar-refractivity contribution is -0.142. The van der Waals surface area contributed by atoms with Crippen LogP contribution in [0.1, 0.15) is 20.3 Å². The molecule has 0 amide bonds. The van der Waals surface area contributed by atoms with E-state index in [1.807, 2.05) is 13.8 Å². The topological polar surface area (TPSA) is 26.3 Å². The fourth-order valence-corrected chi connectivity index (χ4v) is 1.01. The molecule has 0 aliphatic heterocycles. The van der Waals surface area contributed by atoms with Crippen molar-refractivity contribution in [3.8, 4) is 0 Å². The van der Waals surface area contributed by atoms with Crippen molar-refractivity contribution >= 4 is 40.8 Å². The van der Waals surface area contributed by atoms with Gasteiger partial charge in [0, 0.05) is 0 Å². The first-order valence-electron chi connectivity index (χ1n) is 4.00. The Hall–Kier alpha value is 0.0800. The lowest BCUT2D eigenvalue weighted by atomic mass is 9.89. The summed E-state index contributed by atoms with van der Waals surface area (Å²) in [6.07, 6.45) is 3.37. The molecule has 0 N–H and O–H groups in total. The second kappa shape index (κ2) is 5.24. The standard InChI is InChI=1S/C9H13Cl3O2/c1-8(2,6-7(13)14-3)4-5-9(10,11)12/h4-5H,6H2,1-3H3/b5-4+. The lowest BCUT2D eigenvalue weighted by Crippen LogP contribution is -2.16. The number of allylic oxidation sites excluding steroid dienone is 2. The van der Waals surface area contributed by atoms with Crippen LogP contribution in [0.15, 0.2) is 12.2 Å². The quantitative estimate of drug-likeness (QED) is 0.440. The molecule has 0 atom stereocenters. The number of alkyl halides is 3. The molecule has 0 saturated carbocycles. The number of ether oxygens (including phenoxy) is 1. The van der Waals surface area contributed by atoms with E-state index in [2.05, 4.69) is 4.74 Å². The minimum absolute atomic E-state index is 0.251. The van der Waals surface area contributed by atoms with Crippen LogP contribution in [-0.2, 0) is 9.53 Å². The van der Waals surface area contributed by atoms with Crippen molar-refractivity contribution in [1.29, 1.82) is 0 Å². The van der Waals surface area contributed by atoms with Gasteiger partial charge in [0.15, 0.2) is 0 Å². The summed E-state index contributed by atoms with van der Waals surface area (Å²) in [5, 5.41) is 0. The number of carbonyl (C=O) groups excluding carboxylic acids is 1. The van der Waals surface area contributed by atoms with Crippen molar-refractivity contribution in [3.63, 3.8) is 0 Å². The highest BCUT2D eigenvalue weighted by atomic mass is 35.6. The summed E-state index contributed by atoms with van der Waals surface area (Å²) in [6.45, 7) is 3.72. The van der Waals surface area contributed by atoms with E-state index in [9.17, 15) is 4.79 Å². The van der Waals surface area contributed by atoms with Crippen LogP contribution in [0.3, 0.4) is 0 Å². The molecular formula is C9H13Cl3O2. The summed E-state index contributed by atoms with van der Waals surface area (Å²) >= 11 is 16.6. The normalized spacial score (nSPS) is 13.3. The third kappa shape index (κ3) is 7.48. The molecule has 0 fully saturated rings. The van der Waals surface area contributed by atoms with Crippen LogP contribution in [0.25, 0.3) is 0 Å². The molecule has 0 heterocycles. The summed E-state index contributed by atoms with van der Waals surface area (Å²) in [4.78, 5) is 11.0. The Kier molecular flexibility index (Phi) is 5.27. The summed E-state index contributed by atoms with van der Waals surface area (Å²) in [5.41, 5.74) is -0.378. The van der Waals surface area contributed by atoms with E-state index < -0.39 is 3.79 Å². The molecule has 0 spiro atoms. The third-order valence-electron chi connectivity index (χ3n) is 1.55. The molecule has 0 aromatic rings. The van der Waals surface area contributed by atoms with Crippen molar-refractivity contribution in [1.82, 2.24) is 0 Å². The van der Waals surface area contributed by atoms with E-state index in [-0.39, 0.29) is 17.8 Å². The highest BCUT2D eigenvalue weighted by Gasteiger charge is 2.22. The Balaban J connectivity index is 4.34. The van der Waals surface area contributed by atoms with Crippen molar-refractivity contribution < 1.29 is 9.53 Å². The largest absolute Gasteiger partial charge is 0.469 e. The minimum atomic E-state index is -1.42. The SMILES string of the molecule is COC(=O)CC(C)(C)/C=C/C(Cl)(Cl)Cl. The summed E-state index contributed by atoms with van der Waals surface area (Å²) in [7, 11) is 1.34. The van der Waals surface area contributed by atoms with Crippen LogP contribution in [0.5, 0.6) is 0 Å². The number of hydrogen-bond donors (Lipinski definition) is 0. The maximum absolute atomic E-state index is 11.0. The highest BCUT2D eigenvalue weighted by Crippen LogP contribution is 2.31. The van der Waals surface area contributed by atoms with Gasteiger partial charge in [0.25, 0.3) is 0 Å². The monoisotopic (exact) mass is 258 g/mol. The zero-order valence-corrected chi connectivity index (χ0v) is 10.6. The molecule has 0 saturated heterocycles. The van der Waals surface area contributed by atoms with Crippen molar-refractivity contribution in [2.45, 2.75) is 24.1 Å². The molecule has 0 radical (unpaired) electrons. The first-order valence-corrected chi connectivity index (χ1v) is 5.14. The number of carbonyl (C=O) groups is 1. The van der Waals surface area contributed by atoms with Crippen LogP contribution in [0.2, 0.25) is 0 Å². The fourth-order valence-electron chi connectivity index (χ4n) is 0.823. The molecule has 0 aliphatic carbocycles. The number of halogens is 3. The van der Waals surface area contributed by atoms with Gasteiger partial charge in [-0.15, -0.1) is 0 Å². The molecule has 0 rings (SSSR count). The van der Waals surface area contributed by atoms with Crippen LogP contribution in [0.4, 0.5) is 0 Å². The van der Waals surface area contributed by atoms with Gasteiger partial charge in [-0.2, -0.15) is 0 Å². The van der Waals surface area contributed by atoms with Crippen LogP contribution >= 0.6 is 34.8 Å². The van der Waals surface area contributed by atoms with E-state index in [1.165, 1.54) is 13.2 Å². The van der Waals surface area contributed by atoms with Gasteiger partial charge in [-0.25, -0.2) is 0 Å². The number of rotatable bonds is 3. The maximum atomic E-state index is 11.0. The van der Waals surface area contributed by atoms with Crippen molar-refractivity contribution in [2.24, 2.45) is 5.41 Å². The van der Waals surface area contributed by atoms with Gasteiger partial charge in [0.05, 0.1) is 13.5 Å². The highest BCUT2D eigenvalue weighted by molar-refractivity contribution is 6.68. The zero-order valence-electron chi connectivity index (χ0n) is 8.31. The predicted molar refractivity (Wildman–Crippen MR) is 59.8 cm³/mol. The Morgan fingerprint density at radius 1 is 1.29 bits per heavy atom. The first kappa shape index (κ1) is 14.1. The maximum Gasteiger partial charge on any atom is 0.306 e. The molecule has 0 aromatic heterocycles. The summed E-state index contributed by atoms with van der Waals surface area (Å²) < 4.78 is 3.12. The summed E-state index contributed by atoms with van der Waals surface area (Å²) in [6, 6.07) is 0. The van der Waals surface area contributed by atoms with Crippen LogP contribution in [-0.4, -0.2) is 16.9 Å². The van der Waals surface area contributed by atoms with Crippen molar-refractivity contribution in [2.75, 3.05) is 7.11 Å². The van der Waals surface area contributed by atoms with Gasteiger partial charge in [0.2, 0.25) is 3.79 Å². The molecule has 5 heteroatoms. The Labute approximate surface area is 99.2 Å². The molecule has 0 unspecified atom stereocenters. The van der Waals surface area contributed by atoms with E-state index in [0.717, 1.165) is 0 Å². The van der Waals surface area contributed by atoms with Gasteiger partial charge in [-0.05, 0) is 11.5 Å². The van der Waals surface area contributed by atoms with Gasteiger partial charge in [-0.1, -0.05) is 54.7 Å². The van der Waals surface area contributed by atoms with E-state index in [0.29, 0.717) is 0 Å². The zero-order chi connectivity index (χ0) is 11.4. The van der Waals surface area contributed by atoms with E-state index >= 15 is 0 Å². The molecule has 0 aliphatic rings. The molecule has 2 nitrogen and oxygen atoms in total. The molecule has 82 valence electrons. The van der Waals surface area contributed by atoms with Crippen LogP contribution < -0.4 is 0 Å². The average molecular weight is 260 g/mol. The van der Waals surface area contributed by atoms with Gasteiger partial charge < -0.3 is 4.74 Å². The van der Waals surface area contributed by atoms with Gasteiger partial charge in [0.1, 0.15) is 0 Å². The average Bonchev–Trinajstić information content (AvgIpc) is 1.99. The molecular weight excluding hydrogens is 246 g/mol.